The molecule has 210 valence electrons. The third-order valence-electron chi connectivity index (χ3n) is 8.84. The van der Waals surface area contributed by atoms with Crippen LogP contribution in [0.4, 0.5) is 17.5 Å². The van der Waals surface area contributed by atoms with Crippen LogP contribution in [0.15, 0.2) is 29.3 Å². The van der Waals surface area contributed by atoms with Crippen LogP contribution in [0.2, 0.25) is 0 Å². The number of carbonyl (C=O) groups excluding carboxylic acids is 1. The van der Waals surface area contributed by atoms with Gasteiger partial charge in [0.1, 0.15) is 11.5 Å². The van der Waals surface area contributed by atoms with Gasteiger partial charge in [-0.05, 0) is 57.2 Å². The van der Waals surface area contributed by atoms with Crippen molar-refractivity contribution in [1.82, 2.24) is 24.4 Å². The molecule has 0 aromatic carbocycles. The predicted molar refractivity (Wildman–Crippen MR) is 151 cm³/mol. The van der Waals surface area contributed by atoms with E-state index in [9.17, 15) is 14.4 Å². The highest BCUT2D eigenvalue weighted by Gasteiger charge is 2.37. The molecule has 0 spiro atoms. The lowest BCUT2D eigenvalue weighted by Gasteiger charge is -2.46. The highest BCUT2D eigenvalue weighted by Crippen LogP contribution is 2.32. The number of carboxylic acids is 1. The molecule has 0 bridgehead atoms. The Kier molecular flexibility index (Phi) is 6.99. The predicted octanol–water partition coefficient (Wildman–Crippen LogP) is 3.54. The quantitative estimate of drug-likeness (QED) is 0.425. The summed E-state index contributed by atoms with van der Waals surface area (Å²) >= 11 is 0. The molecule has 11 heteroatoms. The highest BCUT2D eigenvalue weighted by molar-refractivity contribution is 5.99. The largest absolute Gasteiger partial charge is 0.481 e. The lowest BCUT2D eigenvalue weighted by Crippen LogP contribution is -2.57. The van der Waals surface area contributed by atoms with Gasteiger partial charge in [-0.1, -0.05) is 12.8 Å². The minimum Gasteiger partial charge on any atom is -0.481 e. The standard InChI is InChI=1S/C29H35N7O4/c1-17-23-14-31-29(33-26(23)36(21-5-3-4-6-21)27(38)25(17)18(2)37)32-24-8-7-22(13-30-24)34-11-9-20(10-12-34)35-15-19(16-35)28(39)40/h7-8,13-14,19-21H,3-6,9-12,15-16H2,1-2H3,(H,39,40)(H,30,31,32,33). The van der Waals surface area contributed by atoms with Crippen LogP contribution < -0.4 is 15.8 Å². The van der Waals surface area contributed by atoms with Crippen LogP contribution in [-0.2, 0) is 4.79 Å². The van der Waals surface area contributed by atoms with Gasteiger partial charge < -0.3 is 15.3 Å². The minimum atomic E-state index is -0.692. The summed E-state index contributed by atoms with van der Waals surface area (Å²) in [5, 5.41) is 13.0. The second-order valence-electron chi connectivity index (χ2n) is 11.3. The normalized spacial score (nSPS) is 19.2. The van der Waals surface area contributed by atoms with E-state index in [0.717, 1.165) is 57.3 Å². The molecule has 11 nitrogen and oxygen atoms in total. The summed E-state index contributed by atoms with van der Waals surface area (Å²) in [5.74, 6) is -0.192. The Morgan fingerprint density at radius 1 is 1.00 bits per heavy atom. The van der Waals surface area contributed by atoms with Gasteiger partial charge in [0.25, 0.3) is 5.56 Å². The second kappa shape index (κ2) is 10.6. The van der Waals surface area contributed by atoms with Crippen molar-refractivity contribution in [2.24, 2.45) is 5.92 Å². The fraction of sp³-hybridized carbons (Fsp3) is 0.517. The smallest absolute Gasteiger partial charge is 0.309 e. The zero-order valence-electron chi connectivity index (χ0n) is 23.0. The van der Waals surface area contributed by atoms with Crippen LogP contribution in [0.25, 0.3) is 11.0 Å². The molecule has 2 N–H and O–H groups in total. The number of carboxylic acid groups (broad SMARTS) is 1. The van der Waals surface area contributed by atoms with Crippen LogP contribution in [0.1, 0.15) is 67.4 Å². The number of Topliss-reactive ketones (excluding diaryl/α,β-unsaturated/α-hetero) is 1. The monoisotopic (exact) mass is 545 g/mol. The number of aromatic nitrogens is 4. The third-order valence-corrected chi connectivity index (χ3v) is 8.84. The fourth-order valence-electron chi connectivity index (χ4n) is 6.53. The Morgan fingerprint density at radius 2 is 1.73 bits per heavy atom. The Bertz CT molecular complexity index is 1500. The number of hydrogen-bond donors (Lipinski definition) is 2. The van der Waals surface area contributed by atoms with Crippen molar-refractivity contribution < 1.29 is 14.7 Å². The topological polar surface area (TPSA) is 134 Å². The van der Waals surface area contributed by atoms with Crippen molar-refractivity contribution >= 4 is 40.2 Å². The summed E-state index contributed by atoms with van der Waals surface area (Å²) in [5.41, 5.74) is 2.16. The van der Waals surface area contributed by atoms with Crippen LogP contribution in [-0.4, -0.2) is 73.5 Å². The van der Waals surface area contributed by atoms with Crippen LogP contribution >= 0.6 is 0 Å². The lowest BCUT2D eigenvalue weighted by atomic mass is 9.93. The molecule has 3 aromatic heterocycles. The number of aliphatic carboxylic acids is 1. The van der Waals surface area contributed by atoms with Gasteiger partial charge in [-0.3, -0.25) is 23.9 Å². The zero-order chi connectivity index (χ0) is 28.0. The van der Waals surface area contributed by atoms with E-state index in [-0.39, 0.29) is 28.9 Å². The van der Waals surface area contributed by atoms with Gasteiger partial charge in [-0.25, -0.2) is 9.97 Å². The maximum Gasteiger partial charge on any atom is 0.309 e. The van der Waals surface area contributed by atoms with Gasteiger partial charge in [-0.15, -0.1) is 0 Å². The maximum absolute atomic E-state index is 13.4. The van der Waals surface area contributed by atoms with Gasteiger partial charge in [0.15, 0.2) is 5.78 Å². The lowest BCUT2D eigenvalue weighted by molar-refractivity contribution is -0.148. The molecule has 0 atom stereocenters. The molecule has 0 radical (unpaired) electrons. The van der Waals surface area contributed by atoms with Gasteiger partial charge in [-0.2, -0.15) is 4.98 Å². The number of ketones is 1. The molecule has 5 heterocycles. The van der Waals surface area contributed by atoms with Gasteiger partial charge in [0.2, 0.25) is 5.95 Å². The number of carbonyl (C=O) groups is 2. The number of likely N-dealkylation sites (tertiary alicyclic amines) is 1. The molecule has 1 aliphatic carbocycles. The number of pyridine rings is 2. The molecule has 3 fully saturated rings. The van der Waals surface area contributed by atoms with E-state index in [4.69, 9.17) is 10.1 Å². The maximum atomic E-state index is 13.4. The first-order chi connectivity index (χ1) is 19.3. The molecule has 40 heavy (non-hydrogen) atoms. The third kappa shape index (κ3) is 4.83. The molecule has 2 aliphatic heterocycles. The summed E-state index contributed by atoms with van der Waals surface area (Å²) in [6.45, 7) is 6.35. The van der Waals surface area contributed by atoms with Crippen LogP contribution in [0, 0.1) is 12.8 Å². The van der Waals surface area contributed by atoms with Crippen molar-refractivity contribution in [3.63, 3.8) is 0 Å². The number of piperidine rings is 1. The summed E-state index contributed by atoms with van der Waals surface area (Å²) < 4.78 is 1.71. The minimum absolute atomic E-state index is 0.0256. The molecular formula is C29H35N7O4. The Hall–Kier alpha value is -3.86. The summed E-state index contributed by atoms with van der Waals surface area (Å²) in [4.78, 5) is 55.3. The number of anilines is 3. The Labute approximate surface area is 232 Å². The molecule has 6 rings (SSSR count). The molecular weight excluding hydrogens is 510 g/mol. The first kappa shape index (κ1) is 26.4. The number of hydrogen-bond acceptors (Lipinski definition) is 9. The highest BCUT2D eigenvalue weighted by atomic mass is 16.4. The van der Waals surface area contributed by atoms with Gasteiger partial charge in [0, 0.05) is 49.8 Å². The van der Waals surface area contributed by atoms with Crippen molar-refractivity contribution in [1.29, 1.82) is 0 Å². The van der Waals surface area contributed by atoms with Gasteiger partial charge in [0.05, 0.1) is 23.4 Å². The van der Waals surface area contributed by atoms with Crippen LogP contribution in [0.3, 0.4) is 0 Å². The zero-order valence-corrected chi connectivity index (χ0v) is 23.0. The summed E-state index contributed by atoms with van der Waals surface area (Å²) in [6, 6.07) is 4.40. The van der Waals surface area contributed by atoms with E-state index in [1.165, 1.54) is 6.92 Å². The van der Waals surface area contributed by atoms with E-state index < -0.39 is 5.97 Å². The van der Waals surface area contributed by atoms with Crippen molar-refractivity contribution in [3.8, 4) is 0 Å². The molecule has 3 aromatic rings. The number of nitrogens with one attached hydrogen (secondary N) is 1. The number of fused-ring (bicyclic) bond motifs is 1. The Morgan fingerprint density at radius 3 is 2.35 bits per heavy atom. The van der Waals surface area contributed by atoms with Crippen molar-refractivity contribution in [2.75, 3.05) is 36.4 Å². The average Bonchev–Trinajstić information content (AvgIpc) is 3.43. The molecule has 2 saturated heterocycles. The average molecular weight is 546 g/mol. The Balaban J connectivity index is 1.17. The molecule has 1 saturated carbocycles. The first-order valence-electron chi connectivity index (χ1n) is 14.2. The molecule has 0 amide bonds. The summed E-state index contributed by atoms with van der Waals surface area (Å²) in [6.07, 6.45) is 9.42. The number of rotatable bonds is 7. The van der Waals surface area contributed by atoms with E-state index in [1.807, 2.05) is 18.3 Å². The summed E-state index contributed by atoms with van der Waals surface area (Å²) in [7, 11) is 0. The fourth-order valence-corrected chi connectivity index (χ4v) is 6.53. The van der Waals surface area contributed by atoms with Crippen molar-refractivity contribution in [3.05, 3.63) is 46.0 Å². The number of nitrogens with zero attached hydrogens (tertiary/aromatic N) is 6. The van der Waals surface area contributed by atoms with E-state index in [1.54, 1.807) is 17.7 Å². The van der Waals surface area contributed by atoms with E-state index in [2.05, 4.69) is 25.1 Å². The first-order valence-corrected chi connectivity index (χ1v) is 14.2. The molecule has 0 unspecified atom stereocenters. The van der Waals surface area contributed by atoms with Crippen LogP contribution in [0.5, 0.6) is 0 Å². The van der Waals surface area contributed by atoms with E-state index in [0.29, 0.717) is 47.5 Å². The van der Waals surface area contributed by atoms with E-state index >= 15 is 0 Å². The van der Waals surface area contributed by atoms with Gasteiger partial charge >= 0.3 is 5.97 Å². The van der Waals surface area contributed by atoms with Crippen molar-refractivity contribution in [2.45, 2.75) is 64.5 Å². The number of aryl methyl sites for hydroxylation is 1. The SMILES string of the molecule is CC(=O)c1c(C)c2cnc(Nc3ccc(N4CCC(N5CC(C(=O)O)C5)CC4)cn3)nc2n(C2CCCC2)c1=O. The second-order valence-corrected chi connectivity index (χ2v) is 11.3. The molecule has 3 aliphatic rings.